The molecule has 0 amide bonds. The number of hydrogen-bond acceptors (Lipinski definition) is 3. The summed E-state index contributed by atoms with van der Waals surface area (Å²) in [6.07, 6.45) is 6.85. The van der Waals surface area contributed by atoms with Crippen LogP contribution in [0.5, 0.6) is 0 Å². The second-order valence-electron chi connectivity index (χ2n) is 3.79. The SMILES string of the molecule is C=C=C.CCOn1ccnc1.Cl.c1ccc2ncccc2c1. The topological polar surface area (TPSA) is 39.9 Å². The number of fused-ring (bicyclic) bond motifs is 1. The zero-order valence-corrected chi connectivity index (χ0v) is 13.4. The van der Waals surface area contributed by atoms with Crippen molar-refractivity contribution in [3.05, 3.63) is 80.2 Å². The molecule has 22 heavy (non-hydrogen) atoms. The lowest BCUT2D eigenvalue weighted by Gasteiger charge is -1.98. The Balaban J connectivity index is 0.000000335. The van der Waals surface area contributed by atoms with Gasteiger partial charge < -0.3 is 4.84 Å². The molecule has 5 heteroatoms. The van der Waals surface area contributed by atoms with Crippen molar-refractivity contribution in [2.45, 2.75) is 6.92 Å². The fraction of sp³-hybridized carbons (Fsp3) is 0.118. The fourth-order valence-electron chi connectivity index (χ4n) is 1.49. The second kappa shape index (κ2) is 12.2. The number of benzene rings is 1. The summed E-state index contributed by atoms with van der Waals surface area (Å²) in [7, 11) is 0. The van der Waals surface area contributed by atoms with Crippen LogP contribution in [0.2, 0.25) is 0 Å². The highest BCUT2D eigenvalue weighted by atomic mass is 35.5. The smallest absolute Gasteiger partial charge is 0.131 e. The second-order valence-corrected chi connectivity index (χ2v) is 3.79. The van der Waals surface area contributed by atoms with Crippen molar-refractivity contribution in [3.63, 3.8) is 0 Å². The zero-order chi connectivity index (χ0) is 15.3. The van der Waals surface area contributed by atoms with E-state index in [1.165, 1.54) is 5.39 Å². The molecular formula is C17H20ClN3O. The molecule has 3 rings (SSSR count). The van der Waals surface area contributed by atoms with Gasteiger partial charge in [0.25, 0.3) is 0 Å². The van der Waals surface area contributed by atoms with E-state index < -0.39 is 0 Å². The molecule has 0 aliphatic carbocycles. The van der Waals surface area contributed by atoms with E-state index in [9.17, 15) is 0 Å². The van der Waals surface area contributed by atoms with Crippen LogP contribution in [0.3, 0.4) is 0 Å². The van der Waals surface area contributed by atoms with Crippen molar-refractivity contribution in [1.82, 2.24) is 14.7 Å². The van der Waals surface area contributed by atoms with E-state index in [1.807, 2.05) is 37.4 Å². The van der Waals surface area contributed by atoms with Gasteiger partial charge in [-0.25, -0.2) is 4.98 Å². The Morgan fingerprint density at radius 1 is 1.14 bits per heavy atom. The minimum absolute atomic E-state index is 0. The summed E-state index contributed by atoms with van der Waals surface area (Å²) in [6.45, 7) is 8.86. The Hall–Kier alpha value is -2.55. The number of imidazole rings is 1. The van der Waals surface area contributed by atoms with Crippen molar-refractivity contribution in [1.29, 1.82) is 0 Å². The average molecular weight is 318 g/mol. The molecule has 0 saturated heterocycles. The van der Waals surface area contributed by atoms with E-state index in [1.54, 1.807) is 23.5 Å². The van der Waals surface area contributed by atoms with Crippen LogP contribution in [0.25, 0.3) is 10.9 Å². The maximum absolute atomic E-state index is 5.00. The molecule has 0 fully saturated rings. The first kappa shape index (κ1) is 19.5. The van der Waals surface area contributed by atoms with Crippen molar-refractivity contribution < 1.29 is 4.84 Å². The number of aromatic nitrogens is 3. The molecule has 4 nitrogen and oxygen atoms in total. The largest absolute Gasteiger partial charge is 0.413 e. The van der Waals surface area contributed by atoms with Gasteiger partial charge in [-0.2, -0.15) is 4.73 Å². The van der Waals surface area contributed by atoms with Gasteiger partial charge in [-0.3, -0.25) is 4.98 Å². The molecule has 0 spiro atoms. The van der Waals surface area contributed by atoms with E-state index in [4.69, 9.17) is 4.84 Å². The number of pyridine rings is 1. The monoisotopic (exact) mass is 317 g/mol. The molecular weight excluding hydrogens is 298 g/mol. The van der Waals surface area contributed by atoms with Gasteiger partial charge in [-0.15, -0.1) is 18.1 Å². The Morgan fingerprint density at radius 2 is 1.82 bits per heavy atom. The van der Waals surface area contributed by atoms with Gasteiger partial charge in [0.1, 0.15) is 12.9 Å². The van der Waals surface area contributed by atoms with Crippen molar-refractivity contribution in [2.75, 3.05) is 6.61 Å². The van der Waals surface area contributed by atoms with Crippen LogP contribution >= 0.6 is 12.4 Å². The van der Waals surface area contributed by atoms with Crippen molar-refractivity contribution >= 4 is 23.3 Å². The lowest BCUT2D eigenvalue weighted by atomic mass is 10.2. The molecule has 0 atom stereocenters. The molecule has 0 radical (unpaired) electrons. The first-order valence-electron chi connectivity index (χ1n) is 6.52. The summed E-state index contributed by atoms with van der Waals surface area (Å²) in [4.78, 5) is 13.0. The Kier molecular flexibility index (Phi) is 10.8. The molecule has 0 saturated carbocycles. The highest BCUT2D eigenvalue weighted by Crippen LogP contribution is 2.07. The van der Waals surface area contributed by atoms with E-state index in [0.29, 0.717) is 6.61 Å². The third-order valence-electron chi connectivity index (χ3n) is 2.27. The average Bonchev–Trinajstić information content (AvgIpc) is 3.02. The molecule has 0 aliphatic heterocycles. The van der Waals surface area contributed by atoms with Gasteiger partial charge in [-0.1, -0.05) is 37.4 Å². The first-order chi connectivity index (χ1) is 10.3. The van der Waals surface area contributed by atoms with Crippen LogP contribution in [-0.4, -0.2) is 21.3 Å². The van der Waals surface area contributed by atoms with E-state index in [0.717, 1.165) is 5.52 Å². The maximum atomic E-state index is 5.00. The summed E-state index contributed by atoms with van der Waals surface area (Å²) < 4.78 is 1.57. The highest BCUT2D eigenvalue weighted by molar-refractivity contribution is 5.85. The molecule has 0 bridgehead atoms. The standard InChI is InChI=1S/C9H7N.C5H8N2O.C3H4.ClH/c1-2-6-9-8(4-1)5-3-7-10-9;1-2-8-7-4-3-6-5-7;1-3-2;/h1-7H;3-5H,2H2,1H3;1-2H2;1H. The number of halogens is 1. The molecule has 0 unspecified atom stereocenters. The molecule has 3 aromatic rings. The lowest BCUT2D eigenvalue weighted by Crippen LogP contribution is -2.06. The van der Waals surface area contributed by atoms with Gasteiger partial charge in [0.2, 0.25) is 0 Å². The molecule has 116 valence electrons. The number of nitrogens with zero attached hydrogens (tertiary/aromatic N) is 3. The number of para-hydroxylation sites is 1. The van der Waals surface area contributed by atoms with Crippen LogP contribution in [0, 0.1) is 0 Å². The van der Waals surface area contributed by atoms with Gasteiger partial charge in [-0.05, 0) is 19.1 Å². The third-order valence-corrected chi connectivity index (χ3v) is 2.27. The summed E-state index contributed by atoms with van der Waals surface area (Å²) in [6, 6.07) is 12.1. The summed E-state index contributed by atoms with van der Waals surface area (Å²) >= 11 is 0. The lowest BCUT2D eigenvalue weighted by molar-refractivity contribution is 0.121. The maximum Gasteiger partial charge on any atom is 0.131 e. The van der Waals surface area contributed by atoms with Crippen LogP contribution < -0.4 is 4.84 Å². The fourth-order valence-corrected chi connectivity index (χ4v) is 1.49. The number of hydrogen-bond donors (Lipinski definition) is 0. The molecule has 2 aromatic heterocycles. The van der Waals surface area contributed by atoms with Crippen molar-refractivity contribution in [2.24, 2.45) is 0 Å². The summed E-state index contributed by atoms with van der Waals surface area (Å²) in [5.74, 6) is 0. The van der Waals surface area contributed by atoms with Crippen molar-refractivity contribution in [3.8, 4) is 0 Å². The van der Waals surface area contributed by atoms with Crippen LogP contribution in [-0.2, 0) is 0 Å². The van der Waals surface area contributed by atoms with Crippen LogP contribution in [0.1, 0.15) is 6.92 Å². The third kappa shape index (κ3) is 7.29. The predicted octanol–water partition coefficient (Wildman–Crippen LogP) is 3.95. The minimum Gasteiger partial charge on any atom is -0.413 e. The molecule has 1 aromatic carbocycles. The normalized spacial score (nSPS) is 8.23. The summed E-state index contributed by atoms with van der Waals surface area (Å²) in [5.41, 5.74) is 3.31. The van der Waals surface area contributed by atoms with Crippen LogP contribution in [0.4, 0.5) is 0 Å². The van der Waals surface area contributed by atoms with Gasteiger partial charge >= 0.3 is 0 Å². The van der Waals surface area contributed by atoms with E-state index in [2.05, 4.69) is 41.0 Å². The van der Waals surface area contributed by atoms with Gasteiger partial charge in [0, 0.05) is 17.8 Å². The highest BCUT2D eigenvalue weighted by Gasteiger charge is 1.86. The Morgan fingerprint density at radius 3 is 2.41 bits per heavy atom. The quantitative estimate of drug-likeness (QED) is 0.672. The molecule has 0 aliphatic rings. The first-order valence-corrected chi connectivity index (χ1v) is 6.52. The Bertz CT molecular complexity index is 597. The predicted molar refractivity (Wildman–Crippen MR) is 93.1 cm³/mol. The molecule has 0 N–H and O–H groups in total. The van der Waals surface area contributed by atoms with Gasteiger partial charge in [0.05, 0.1) is 11.7 Å². The van der Waals surface area contributed by atoms with E-state index >= 15 is 0 Å². The van der Waals surface area contributed by atoms with Crippen LogP contribution in [0.15, 0.2) is 80.2 Å². The van der Waals surface area contributed by atoms with E-state index in [-0.39, 0.29) is 12.4 Å². The summed E-state index contributed by atoms with van der Waals surface area (Å²) in [5, 5.41) is 1.20. The minimum atomic E-state index is 0. The number of rotatable bonds is 2. The van der Waals surface area contributed by atoms with Gasteiger partial charge in [0.15, 0.2) is 0 Å². The zero-order valence-electron chi connectivity index (χ0n) is 12.6. The Labute approximate surface area is 137 Å². The molecule has 2 heterocycles.